The van der Waals surface area contributed by atoms with E-state index < -0.39 is 41.3 Å². The topological polar surface area (TPSA) is 87.2 Å². The Labute approximate surface area is 207 Å². The number of alkyl halides is 6. The van der Waals surface area contributed by atoms with Gasteiger partial charge < -0.3 is 4.98 Å². The normalized spacial score (nSPS) is 14.2. The molecule has 0 saturated carbocycles. The number of carbonyl (C=O) groups excluding carboxylic acids is 3. The van der Waals surface area contributed by atoms with Gasteiger partial charge in [0.15, 0.2) is 0 Å². The van der Waals surface area contributed by atoms with Gasteiger partial charge >= 0.3 is 18.3 Å². The molecule has 2 aromatic heterocycles. The second-order valence-electron chi connectivity index (χ2n) is 8.42. The summed E-state index contributed by atoms with van der Waals surface area (Å²) >= 11 is 5.69. The molecule has 5 rings (SSSR count). The molecule has 0 saturated heterocycles. The van der Waals surface area contributed by atoms with Gasteiger partial charge in [-0.3, -0.25) is 24.4 Å². The Morgan fingerprint density at radius 3 is 2.16 bits per heavy atom. The Morgan fingerprint density at radius 2 is 1.57 bits per heavy atom. The van der Waals surface area contributed by atoms with E-state index in [-0.39, 0.29) is 43.6 Å². The molecule has 0 radical (unpaired) electrons. The van der Waals surface area contributed by atoms with Crippen molar-refractivity contribution >= 4 is 56.8 Å². The number of aromatic nitrogens is 2. The molecule has 37 heavy (non-hydrogen) atoms. The maximum atomic E-state index is 13.6. The molecule has 1 aliphatic heterocycles. The molecule has 0 atom stereocenters. The van der Waals surface area contributed by atoms with Crippen molar-refractivity contribution in [2.24, 2.45) is 0 Å². The summed E-state index contributed by atoms with van der Waals surface area (Å²) in [5, 5.41) is -0.00114. The third-order valence-electron chi connectivity index (χ3n) is 5.96. The smallest absolute Gasteiger partial charge is 0.357 e. The van der Waals surface area contributed by atoms with E-state index in [0.717, 1.165) is 18.2 Å². The summed E-state index contributed by atoms with van der Waals surface area (Å²) in [6.45, 7) is 2.77. The minimum atomic E-state index is -5.25. The second kappa shape index (κ2) is 7.75. The SMILES string of the molecule is Cc1cc2c3c(c4cc(C)n(C(=O)C(F)(F)F)c4c2[nH]1)C(=O)N(Nc1ccc(Cl)cc1C(F)(F)F)C3=O. The minimum absolute atomic E-state index is 0.0116. The number of nitrogens with one attached hydrogen (secondary N) is 2. The van der Waals surface area contributed by atoms with Crippen LogP contribution in [0.1, 0.15) is 42.5 Å². The third-order valence-corrected chi connectivity index (χ3v) is 6.20. The summed E-state index contributed by atoms with van der Waals surface area (Å²) < 4.78 is 81.3. The van der Waals surface area contributed by atoms with Crippen molar-refractivity contribution < 1.29 is 40.7 Å². The standard InChI is InChI=1S/C23H13ClF6N4O3/c1-8-5-11-15-16(12-6-9(2)33(18(12)17(11)31-8)21(37)23(28,29)30)20(36)34(19(15)35)32-14-4-3-10(24)7-13(14)22(25,26)27/h3-7,31-32H,1-2H3. The van der Waals surface area contributed by atoms with Crippen LogP contribution in [0, 0.1) is 13.8 Å². The first-order valence-electron chi connectivity index (χ1n) is 10.4. The van der Waals surface area contributed by atoms with E-state index in [0.29, 0.717) is 21.3 Å². The lowest BCUT2D eigenvalue weighted by Gasteiger charge is -2.20. The zero-order valence-corrected chi connectivity index (χ0v) is 19.4. The molecule has 4 aromatic rings. The lowest BCUT2D eigenvalue weighted by molar-refractivity contribution is -0.137. The molecule has 2 amide bonds. The Morgan fingerprint density at radius 1 is 0.946 bits per heavy atom. The zero-order chi connectivity index (χ0) is 27.2. The average molecular weight is 543 g/mol. The molecule has 7 nitrogen and oxygen atoms in total. The quantitative estimate of drug-likeness (QED) is 0.232. The number of fused-ring (bicyclic) bond motifs is 6. The molecule has 1 aliphatic rings. The number of amides is 2. The number of benzene rings is 2. The Kier molecular flexibility index (Phi) is 5.17. The highest BCUT2D eigenvalue weighted by atomic mass is 35.5. The molecule has 192 valence electrons. The van der Waals surface area contributed by atoms with Crippen LogP contribution in [-0.4, -0.2) is 38.5 Å². The molecule has 0 bridgehead atoms. The molecule has 14 heteroatoms. The van der Waals surface area contributed by atoms with E-state index in [2.05, 4.69) is 10.4 Å². The fourth-order valence-corrected chi connectivity index (χ4v) is 4.71. The van der Waals surface area contributed by atoms with E-state index in [1.54, 1.807) is 6.92 Å². The third kappa shape index (κ3) is 3.64. The summed E-state index contributed by atoms with van der Waals surface area (Å²) in [7, 11) is 0. The van der Waals surface area contributed by atoms with Gasteiger partial charge in [0.2, 0.25) is 0 Å². The van der Waals surface area contributed by atoms with Crippen LogP contribution in [0.25, 0.3) is 21.8 Å². The maximum absolute atomic E-state index is 13.6. The van der Waals surface area contributed by atoms with Gasteiger partial charge in [-0.25, -0.2) is 0 Å². The van der Waals surface area contributed by atoms with Gasteiger partial charge in [0.25, 0.3) is 11.8 Å². The monoisotopic (exact) mass is 542 g/mol. The molecule has 3 heterocycles. The number of rotatable bonds is 2. The Hall–Kier alpha value is -4.00. The predicted octanol–water partition coefficient (Wildman–Crippen LogP) is 6.24. The lowest BCUT2D eigenvalue weighted by atomic mass is 10.0. The van der Waals surface area contributed by atoms with Crippen molar-refractivity contribution in [3.8, 4) is 0 Å². The number of halogens is 7. The highest BCUT2D eigenvalue weighted by molar-refractivity contribution is 6.34. The van der Waals surface area contributed by atoms with Crippen LogP contribution in [0.4, 0.5) is 32.0 Å². The molecule has 0 unspecified atom stereocenters. The molecule has 0 fully saturated rings. The second-order valence-corrected chi connectivity index (χ2v) is 8.86. The van der Waals surface area contributed by atoms with Crippen LogP contribution in [0.3, 0.4) is 0 Å². The van der Waals surface area contributed by atoms with Crippen molar-refractivity contribution in [2.75, 3.05) is 5.43 Å². The number of anilines is 1. The van der Waals surface area contributed by atoms with Gasteiger partial charge in [0, 0.05) is 27.2 Å². The first-order chi connectivity index (χ1) is 17.1. The number of H-pyrrole nitrogens is 1. The number of aromatic amines is 1. The summed E-state index contributed by atoms with van der Waals surface area (Å²) in [5.41, 5.74) is -0.351. The summed E-state index contributed by atoms with van der Waals surface area (Å²) in [6.07, 6.45) is -10.1. The van der Waals surface area contributed by atoms with Crippen LogP contribution in [0.2, 0.25) is 5.02 Å². The van der Waals surface area contributed by atoms with E-state index in [1.165, 1.54) is 13.0 Å². The highest BCUT2D eigenvalue weighted by Gasteiger charge is 2.45. The summed E-state index contributed by atoms with van der Waals surface area (Å²) in [6, 6.07) is 5.21. The molecular weight excluding hydrogens is 530 g/mol. The Balaban J connectivity index is 1.75. The zero-order valence-electron chi connectivity index (χ0n) is 18.7. The van der Waals surface area contributed by atoms with E-state index >= 15 is 0 Å². The van der Waals surface area contributed by atoms with Gasteiger partial charge in [-0.2, -0.15) is 31.4 Å². The van der Waals surface area contributed by atoms with Crippen molar-refractivity contribution in [2.45, 2.75) is 26.2 Å². The van der Waals surface area contributed by atoms with Gasteiger partial charge in [-0.1, -0.05) is 11.6 Å². The van der Waals surface area contributed by atoms with Crippen molar-refractivity contribution in [3.05, 3.63) is 63.4 Å². The van der Waals surface area contributed by atoms with E-state index in [4.69, 9.17) is 11.6 Å². The van der Waals surface area contributed by atoms with Gasteiger partial charge in [-0.15, -0.1) is 0 Å². The summed E-state index contributed by atoms with van der Waals surface area (Å²) in [4.78, 5) is 41.8. The average Bonchev–Trinajstić information content (AvgIpc) is 3.40. The first kappa shape index (κ1) is 24.7. The van der Waals surface area contributed by atoms with Crippen molar-refractivity contribution in [1.29, 1.82) is 0 Å². The van der Waals surface area contributed by atoms with Crippen LogP contribution < -0.4 is 5.43 Å². The van der Waals surface area contributed by atoms with E-state index in [1.807, 2.05) is 0 Å². The number of hydrazine groups is 1. The predicted molar refractivity (Wildman–Crippen MR) is 121 cm³/mol. The van der Waals surface area contributed by atoms with Crippen molar-refractivity contribution in [1.82, 2.24) is 14.6 Å². The molecule has 0 aliphatic carbocycles. The fourth-order valence-electron chi connectivity index (χ4n) is 4.54. The van der Waals surface area contributed by atoms with Crippen LogP contribution in [0.5, 0.6) is 0 Å². The number of carbonyl (C=O) groups is 3. The van der Waals surface area contributed by atoms with Crippen LogP contribution >= 0.6 is 11.6 Å². The number of hydrogen-bond acceptors (Lipinski definition) is 4. The molecule has 2 aromatic carbocycles. The number of aryl methyl sites for hydroxylation is 2. The lowest BCUT2D eigenvalue weighted by Crippen LogP contribution is -2.36. The highest BCUT2D eigenvalue weighted by Crippen LogP contribution is 2.42. The Bertz CT molecular complexity index is 1680. The van der Waals surface area contributed by atoms with E-state index in [9.17, 15) is 40.7 Å². The van der Waals surface area contributed by atoms with Gasteiger partial charge in [0.05, 0.1) is 33.4 Å². The molecule has 2 N–H and O–H groups in total. The first-order valence-corrected chi connectivity index (χ1v) is 10.8. The van der Waals surface area contributed by atoms with Crippen LogP contribution in [-0.2, 0) is 6.18 Å². The van der Waals surface area contributed by atoms with Crippen molar-refractivity contribution in [3.63, 3.8) is 0 Å². The van der Waals surface area contributed by atoms with Gasteiger partial charge in [-0.05, 0) is 44.2 Å². The number of imide groups is 1. The number of nitrogens with zero attached hydrogens (tertiary/aromatic N) is 2. The largest absolute Gasteiger partial charge is 0.472 e. The molecular formula is C23H13ClF6N4O3. The summed E-state index contributed by atoms with van der Waals surface area (Å²) in [5.74, 6) is -4.34. The van der Waals surface area contributed by atoms with Gasteiger partial charge in [0.1, 0.15) is 0 Å². The molecule has 0 spiro atoms. The number of hydrogen-bond donors (Lipinski definition) is 2. The maximum Gasteiger partial charge on any atom is 0.472 e. The van der Waals surface area contributed by atoms with Crippen LogP contribution in [0.15, 0.2) is 30.3 Å². The fraction of sp³-hybridized carbons (Fsp3) is 0.174. The minimum Gasteiger partial charge on any atom is -0.357 e.